The zero-order valence-corrected chi connectivity index (χ0v) is 26.8. The van der Waals surface area contributed by atoms with Gasteiger partial charge in [0.15, 0.2) is 5.82 Å². The van der Waals surface area contributed by atoms with Crippen LogP contribution in [0.25, 0.3) is 0 Å². The highest BCUT2D eigenvalue weighted by atomic mass is 35.5. The maximum absolute atomic E-state index is 12.8. The summed E-state index contributed by atoms with van der Waals surface area (Å²) in [7, 11) is -0.325. The number of hydrazine groups is 1. The fourth-order valence-corrected chi connectivity index (χ4v) is 6.58. The molecule has 3 aromatic rings. The molecular weight excluding hydrogens is 571 g/mol. The van der Waals surface area contributed by atoms with Gasteiger partial charge in [0.1, 0.15) is 17.9 Å². The minimum Gasteiger partial charge on any atom is -0.489 e. The molecule has 3 heterocycles. The van der Waals surface area contributed by atoms with Gasteiger partial charge in [0, 0.05) is 69.4 Å². The van der Waals surface area contributed by atoms with Gasteiger partial charge >= 0.3 is 0 Å². The molecule has 42 heavy (non-hydrogen) atoms. The number of halogens is 1. The molecule has 0 bridgehead atoms. The van der Waals surface area contributed by atoms with Crippen molar-refractivity contribution in [1.82, 2.24) is 24.9 Å². The molecule has 12 heteroatoms. The first-order valence-electron chi connectivity index (χ1n) is 14.5. The predicted molar refractivity (Wildman–Crippen MR) is 174 cm³/mol. The number of para-hydroxylation sites is 1. The molecule has 5 rings (SSSR count). The van der Waals surface area contributed by atoms with Crippen LogP contribution >= 0.6 is 18.7 Å². The van der Waals surface area contributed by atoms with Crippen molar-refractivity contribution in [1.29, 1.82) is 0 Å². The first-order valence-corrected chi connectivity index (χ1v) is 17.5. The van der Waals surface area contributed by atoms with Gasteiger partial charge in [0.25, 0.3) is 0 Å². The van der Waals surface area contributed by atoms with Crippen LogP contribution < -0.4 is 25.6 Å². The first-order chi connectivity index (χ1) is 20.1. The summed E-state index contributed by atoms with van der Waals surface area (Å²) in [5.41, 5.74) is 2.61. The second-order valence-electron chi connectivity index (χ2n) is 11.6. The van der Waals surface area contributed by atoms with E-state index < -0.39 is 7.14 Å². The highest BCUT2D eigenvalue weighted by molar-refractivity contribution is 7.70. The summed E-state index contributed by atoms with van der Waals surface area (Å²) in [6, 6.07) is 13.7. The summed E-state index contributed by atoms with van der Waals surface area (Å²) < 4.78 is 19.1. The Morgan fingerprint density at radius 3 is 2.24 bits per heavy atom. The summed E-state index contributed by atoms with van der Waals surface area (Å²) in [5, 5.41) is 12.7. The fraction of sp³-hybridized carbons (Fsp3) is 0.467. The molecule has 2 N–H and O–H groups in total. The molecule has 0 unspecified atom stereocenters. The minimum atomic E-state index is -2.52. The lowest BCUT2D eigenvalue weighted by Gasteiger charge is -2.44. The van der Waals surface area contributed by atoms with E-state index >= 15 is 0 Å². The third-order valence-electron chi connectivity index (χ3n) is 7.56. The Morgan fingerprint density at radius 2 is 1.57 bits per heavy atom. The summed E-state index contributed by atoms with van der Waals surface area (Å²) in [4.78, 5) is 13.9. The van der Waals surface area contributed by atoms with Crippen molar-refractivity contribution in [3.63, 3.8) is 0 Å². The van der Waals surface area contributed by atoms with Gasteiger partial charge in [-0.3, -0.25) is 0 Å². The van der Waals surface area contributed by atoms with Crippen molar-refractivity contribution >= 4 is 52.9 Å². The number of nitrogens with zero attached hydrogens (tertiary/aromatic N) is 6. The van der Waals surface area contributed by atoms with Crippen LogP contribution in [0, 0.1) is 0 Å². The van der Waals surface area contributed by atoms with E-state index in [1.165, 1.54) is 0 Å². The maximum Gasteiger partial charge on any atom is 0.229 e. The van der Waals surface area contributed by atoms with Crippen LogP contribution in [0.15, 0.2) is 48.7 Å². The monoisotopic (exact) mass is 612 g/mol. The van der Waals surface area contributed by atoms with Crippen molar-refractivity contribution in [2.24, 2.45) is 0 Å². The number of likely N-dealkylation sites (N-methyl/N-ethyl adjacent to an activating group) is 1. The lowest BCUT2D eigenvalue weighted by Crippen LogP contribution is -2.58. The third kappa shape index (κ3) is 7.54. The second kappa shape index (κ2) is 13.2. The Balaban J connectivity index is 1.31. The minimum absolute atomic E-state index is 0.00600. The molecule has 2 fully saturated rings. The van der Waals surface area contributed by atoms with E-state index in [-0.39, 0.29) is 6.10 Å². The number of benzene rings is 2. The first kappa shape index (κ1) is 30.6. The molecule has 2 aliphatic rings. The van der Waals surface area contributed by atoms with E-state index in [9.17, 15) is 4.57 Å². The van der Waals surface area contributed by atoms with Gasteiger partial charge < -0.3 is 29.7 Å². The number of hydrogen-bond donors (Lipinski definition) is 2. The van der Waals surface area contributed by atoms with E-state index in [4.69, 9.17) is 16.3 Å². The summed E-state index contributed by atoms with van der Waals surface area (Å²) in [5.74, 6) is 1.54. The van der Waals surface area contributed by atoms with Crippen LogP contribution in [-0.4, -0.2) is 104 Å². The van der Waals surface area contributed by atoms with Gasteiger partial charge in [-0.2, -0.15) is 4.98 Å². The van der Waals surface area contributed by atoms with E-state index in [0.29, 0.717) is 22.5 Å². The molecule has 0 amide bonds. The lowest BCUT2D eigenvalue weighted by molar-refractivity contribution is -0.0564. The number of rotatable bonds is 9. The highest BCUT2D eigenvalue weighted by Crippen LogP contribution is 2.39. The molecule has 0 spiro atoms. The lowest BCUT2D eigenvalue weighted by atomic mass is 10.2. The van der Waals surface area contributed by atoms with Crippen LogP contribution in [0.3, 0.4) is 0 Å². The average Bonchev–Trinajstić information content (AvgIpc) is 2.96. The van der Waals surface area contributed by atoms with E-state index in [2.05, 4.69) is 59.6 Å². The number of hydrogen-bond acceptors (Lipinski definition) is 10. The topological polar surface area (TPSA) is 89.1 Å². The Bertz CT molecular complexity index is 1420. The molecule has 226 valence electrons. The fourth-order valence-electron chi connectivity index (χ4n) is 5.29. The van der Waals surface area contributed by atoms with Crippen molar-refractivity contribution in [2.75, 3.05) is 88.3 Å². The van der Waals surface area contributed by atoms with Crippen LogP contribution in [-0.2, 0) is 4.57 Å². The molecule has 0 atom stereocenters. The molecule has 2 saturated heterocycles. The average molecular weight is 613 g/mol. The molecule has 0 saturated carbocycles. The number of piperazine rings is 2. The van der Waals surface area contributed by atoms with Gasteiger partial charge in [0.2, 0.25) is 5.95 Å². The Kier molecular flexibility index (Phi) is 9.60. The molecule has 0 aliphatic carbocycles. The van der Waals surface area contributed by atoms with Gasteiger partial charge in [-0.1, -0.05) is 23.7 Å². The van der Waals surface area contributed by atoms with Gasteiger partial charge in [-0.15, -0.1) is 0 Å². The smallest absolute Gasteiger partial charge is 0.229 e. The molecule has 0 radical (unpaired) electrons. The Hall–Kier alpha value is -2.88. The van der Waals surface area contributed by atoms with Gasteiger partial charge in [-0.25, -0.2) is 15.0 Å². The summed E-state index contributed by atoms with van der Waals surface area (Å²) >= 11 is 6.47. The van der Waals surface area contributed by atoms with Crippen LogP contribution in [0.2, 0.25) is 5.02 Å². The third-order valence-corrected chi connectivity index (χ3v) is 9.38. The van der Waals surface area contributed by atoms with Crippen molar-refractivity contribution < 1.29 is 9.30 Å². The molecule has 1 aromatic heterocycles. The SMILES string of the molecule is CC(C)Oc1cc(N2CCN(N3CCN(C)CC3)CC2)ccc1Nc1ncc(Cl)c(Nc2ccccc2P(C)(C)=O)n1. The zero-order chi connectivity index (χ0) is 29.9. The number of ether oxygens (including phenoxy) is 1. The van der Waals surface area contributed by atoms with E-state index in [0.717, 1.165) is 74.8 Å². The number of aromatic nitrogens is 2. The van der Waals surface area contributed by atoms with Crippen molar-refractivity contribution in [2.45, 2.75) is 20.0 Å². The largest absolute Gasteiger partial charge is 0.489 e. The Morgan fingerprint density at radius 1 is 0.905 bits per heavy atom. The van der Waals surface area contributed by atoms with Crippen LogP contribution in [0.5, 0.6) is 5.75 Å². The van der Waals surface area contributed by atoms with Crippen molar-refractivity contribution in [3.05, 3.63) is 53.7 Å². The summed E-state index contributed by atoms with van der Waals surface area (Å²) in [6.45, 7) is 15.9. The molecular formula is C30H42ClN8O2P. The standard InChI is InChI=1S/C30H42ClN8O2P/c1-22(2)41-27-20-23(37-14-18-39(19-15-37)38-16-12-36(3)13-17-38)10-11-25(27)34-30-32-21-24(31)29(35-30)33-26-8-6-7-9-28(26)42(4,5)40/h6-11,20-22H,12-19H2,1-5H3,(H2,32,33,34,35). The summed E-state index contributed by atoms with van der Waals surface area (Å²) in [6.07, 6.45) is 1.55. The van der Waals surface area contributed by atoms with E-state index in [1.54, 1.807) is 19.5 Å². The predicted octanol–water partition coefficient (Wildman–Crippen LogP) is 4.94. The van der Waals surface area contributed by atoms with Gasteiger partial charge in [0.05, 0.1) is 23.7 Å². The van der Waals surface area contributed by atoms with Crippen LogP contribution in [0.1, 0.15) is 13.8 Å². The zero-order valence-electron chi connectivity index (χ0n) is 25.2. The quantitative estimate of drug-likeness (QED) is 0.324. The van der Waals surface area contributed by atoms with Gasteiger partial charge in [-0.05, 0) is 58.5 Å². The number of anilines is 5. The number of nitrogens with one attached hydrogen (secondary N) is 2. The normalized spacial score (nSPS) is 17.5. The molecule has 10 nitrogen and oxygen atoms in total. The molecule has 2 aromatic carbocycles. The van der Waals surface area contributed by atoms with E-state index in [1.807, 2.05) is 44.2 Å². The second-order valence-corrected chi connectivity index (χ2v) is 15.1. The Labute approximate surface area is 254 Å². The maximum atomic E-state index is 12.8. The molecule has 2 aliphatic heterocycles. The van der Waals surface area contributed by atoms with Crippen molar-refractivity contribution in [3.8, 4) is 5.75 Å². The highest BCUT2D eigenvalue weighted by Gasteiger charge is 2.25. The van der Waals surface area contributed by atoms with Crippen LogP contribution in [0.4, 0.5) is 28.8 Å².